The molecule has 10 nitrogen and oxygen atoms in total. The summed E-state index contributed by atoms with van der Waals surface area (Å²) in [7, 11) is 0. The predicted octanol–water partition coefficient (Wildman–Crippen LogP) is 3.36. The summed E-state index contributed by atoms with van der Waals surface area (Å²) in [5.74, 6) is -0.696. The first-order chi connectivity index (χ1) is 15.3. The Labute approximate surface area is 182 Å². The second-order valence-corrected chi connectivity index (χ2v) is 6.79. The van der Waals surface area contributed by atoms with Crippen molar-refractivity contribution in [3.8, 4) is 0 Å². The van der Waals surface area contributed by atoms with Crippen LogP contribution in [0, 0.1) is 20.2 Å². The topological polar surface area (TPSA) is 144 Å². The molecule has 2 amide bonds. The van der Waals surface area contributed by atoms with Crippen LogP contribution in [0.2, 0.25) is 0 Å². The molecule has 3 rings (SSSR count). The minimum atomic E-state index is -0.530. The SMILES string of the molecule is O=C(NCc1ccc(CNC(=O)c2ccc([N+](=O)[O-])cc2)cc1)c1ccc([N+](=O)[O-])cc1. The number of carbonyl (C=O) groups excluding carboxylic acids is 2. The number of carbonyl (C=O) groups is 2. The summed E-state index contributed by atoms with van der Waals surface area (Å²) in [5.41, 5.74) is 2.15. The Hall–Kier alpha value is -4.60. The largest absolute Gasteiger partial charge is 0.348 e. The first-order valence-corrected chi connectivity index (χ1v) is 9.46. The highest BCUT2D eigenvalue weighted by atomic mass is 16.6. The molecule has 0 aliphatic heterocycles. The van der Waals surface area contributed by atoms with Crippen molar-refractivity contribution in [3.63, 3.8) is 0 Å². The molecule has 0 radical (unpaired) electrons. The molecule has 0 aromatic heterocycles. The first kappa shape index (κ1) is 22.1. The highest BCUT2D eigenvalue weighted by molar-refractivity contribution is 5.94. The van der Waals surface area contributed by atoms with Crippen LogP contribution in [-0.2, 0) is 13.1 Å². The minimum absolute atomic E-state index is 0.0854. The Morgan fingerprint density at radius 1 is 0.594 bits per heavy atom. The van der Waals surface area contributed by atoms with Crippen LogP contribution in [-0.4, -0.2) is 21.7 Å². The number of nitrogens with one attached hydrogen (secondary N) is 2. The van der Waals surface area contributed by atoms with Gasteiger partial charge in [-0.1, -0.05) is 24.3 Å². The van der Waals surface area contributed by atoms with Gasteiger partial charge < -0.3 is 10.6 Å². The van der Waals surface area contributed by atoms with Crippen LogP contribution in [0.15, 0.2) is 72.8 Å². The maximum absolute atomic E-state index is 12.2. The molecule has 0 atom stereocenters. The molecular weight excluding hydrogens is 416 g/mol. The van der Waals surface area contributed by atoms with Crippen molar-refractivity contribution in [2.45, 2.75) is 13.1 Å². The quantitative estimate of drug-likeness (QED) is 0.411. The van der Waals surface area contributed by atoms with Gasteiger partial charge in [-0.25, -0.2) is 0 Å². The lowest BCUT2D eigenvalue weighted by molar-refractivity contribution is -0.385. The molecule has 162 valence electrons. The lowest BCUT2D eigenvalue weighted by atomic mass is 10.1. The number of non-ortho nitro benzene ring substituents is 2. The molecule has 0 spiro atoms. The van der Waals surface area contributed by atoms with E-state index in [0.717, 1.165) is 11.1 Å². The van der Waals surface area contributed by atoms with Gasteiger partial charge in [0.25, 0.3) is 23.2 Å². The molecule has 0 bridgehead atoms. The monoisotopic (exact) mass is 434 g/mol. The molecule has 0 aliphatic rings. The van der Waals surface area contributed by atoms with Gasteiger partial charge >= 0.3 is 0 Å². The molecule has 10 heteroatoms. The van der Waals surface area contributed by atoms with E-state index in [0.29, 0.717) is 11.1 Å². The number of amides is 2. The van der Waals surface area contributed by atoms with Crippen molar-refractivity contribution in [1.82, 2.24) is 10.6 Å². The number of hydrogen-bond acceptors (Lipinski definition) is 6. The van der Waals surface area contributed by atoms with Gasteiger partial charge in [0.05, 0.1) is 9.85 Å². The van der Waals surface area contributed by atoms with Gasteiger partial charge in [0.15, 0.2) is 0 Å². The average molecular weight is 434 g/mol. The Morgan fingerprint density at radius 3 is 1.19 bits per heavy atom. The second-order valence-electron chi connectivity index (χ2n) is 6.79. The Balaban J connectivity index is 1.49. The third-order valence-corrected chi connectivity index (χ3v) is 4.61. The van der Waals surface area contributed by atoms with E-state index in [4.69, 9.17) is 0 Å². The molecule has 0 unspecified atom stereocenters. The van der Waals surface area contributed by atoms with Crippen LogP contribution in [0.3, 0.4) is 0 Å². The summed E-state index contributed by atoms with van der Waals surface area (Å²) in [5, 5.41) is 26.8. The van der Waals surface area contributed by atoms with E-state index in [-0.39, 0.29) is 36.3 Å². The van der Waals surface area contributed by atoms with Crippen molar-refractivity contribution in [2.24, 2.45) is 0 Å². The molecule has 3 aromatic rings. The molecule has 0 saturated carbocycles. The summed E-state index contributed by atoms with van der Waals surface area (Å²) in [4.78, 5) is 44.6. The Kier molecular flexibility index (Phi) is 6.86. The number of nitro benzene ring substituents is 2. The standard InChI is InChI=1S/C22H18N4O6/c27-21(17-5-9-19(10-6-17)25(29)30)23-13-15-1-2-16(4-3-15)14-24-22(28)18-7-11-20(12-8-18)26(31)32/h1-12H,13-14H2,(H,23,27)(H,24,28). The maximum Gasteiger partial charge on any atom is 0.269 e. The molecule has 0 aliphatic carbocycles. The van der Waals surface area contributed by atoms with Crippen LogP contribution >= 0.6 is 0 Å². The van der Waals surface area contributed by atoms with Crippen LogP contribution in [0.25, 0.3) is 0 Å². The van der Waals surface area contributed by atoms with Crippen molar-refractivity contribution in [2.75, 3.05) is 0 Å². The fraction of sp³-hybridized carbons (Fsp3) is 0.0909. The van der Waals surface area contributed by atoms with E-state index in [1.165, 1.54) is 48.5 Å². The Morgan fingerprint density at radius 2 is 0.906 bits per heavy atom. The molecule has 32 heavy (non-hydrogen) atoms. The highest BCUT2D eigenvalue weighted by Gasteiger charge is 2.10. The fourth-order valence-electron chi connectivity index (χ4n) is 2.81. The van der Waals surface area contributed by atoms with Crippen molar-refractivity contribution in [1.29, 1.82) is 0 Å². The van der Waals surface area contributed by atoms with Crippen molar-refractivity contribution < 1.29 is 19.4 Å². The molecule has 2 N–H and O–H groups in total. The number of benzene rings is 3. The number of nitro groups is 2. The average Bonchev–Trinajstić information content (AvgIpc) is 2.81. The van der Waals surface area contributed by atoms with Gasteiger partial charge in [-0.3, -0.25) is 29.8 Å². The van der Waals surface area contributed by atoms with E-state index in [1.54, 1.807) is 0 Å². The predicted molar refractivity (Wildman–Crippen MR) is 115 cm³/mol. The highest BCUT2D eigenvalue weighted by Crippen LogP contribution is 2.13. The minimum Gasteiger partial charge on any atom is -0.348 e. The van der Waals surface area contributed by atoms with E-state index >= 15 is 0 Å². The molecular formula is C22H18N4O6. The fourth-order valence-corrected chi connectivity index (χ4v) is 2.81. The Bertz CT molecular complexity index is 1050. The molecule has 3 aromatic carbocycles. The van der Waals surface area contributed by atoms with Gasteiger partial charge in [-0.15, -0.1) is 0 Å². The zero-order valence-electron chi connectivity index (χ0n) is 16.7. The van der Waals surface area contributed by atoms with Crippen molar-refractivity contribution >= 4 is 23.2 Å². The third kappa shape index (κ3) is 5.72. The third-order valence-electron chi connectivity index (χ3n) is 4.61. The summed E-state index contributed by atoms with van der Waals surface area (Å²) in [6, 6.07) is 17.9. The van der Waals surface area contributed by atoms with Gasteiger partial charge in [0.2, 0.25) is 0 Å². The van der Waals surface area contributed by atoms with Crippen LogP contribution in [0.1, 0.15) is 31.8 Å². The normalized spacial score (nSPS) is 10.2. The molecule has 0 heterocycles. The molecule has 0 fully saturated rings. The zero-order chi connectivity index (χ0) is 23.1. The summed E-state index contributed by atoms with van der Waals surface area (Å²) >= 11 is 0. The van der Waals surface area contributed by atoms with Gasteiger partial charge in [0.1, 0.15) is 0 Å². The van der Waals surface area contributed by atoms with E-state index in [1.807, 2.05) is 24.3 Å². The smallest absolute Gasteiger partial charge is 0.269 e. The van der Waals surface area contributed by atoms with E-state index in [9.17, 15) is 29.8 Å². The number of hydrogen-bond donors (Lipinski definition) is 2. The van der Waals surface area contributed by atoms with Gasteiger partial charge in [-0.2, -0.15) is 0 Å². The zero-order valence-corrected chi connectivity index (χ0v) is 16.7. The van der Waals surface area contributed by atoms with E-state index < -0.39 is 9.85 Å². The maximum atomic E-state index is 12.2. The lowest BCUT2D eigenvalue weighted by Gasteiger charge is -2.08. The van der Waals surface area contributed by atoms with Gasteiger partial charge in [0, 0.05) is 48.5 Å². The summed E-state index contributed by atoms with van der Waals surface area (Å²) in [6.07, 6.45) is 0. The van der Waals surface area contributed by atoms with Crippen LogP contribution in [0.5, 0.6) is 0 Å². The van der Waals surface area contributed by atoms with Gasteiger partial charge in [-0.05, 0) is 35.4 Å². The molecule has 0 saturated heterocycles. The van der Waals surface area contributed by atoms with E-state index in [2.05, 4.69) is 10.6 Å². The number of nitrogens with zero attached hydrogens (tertiary/aromatic N) is 2. The summed E-state index contributed by atoms with van der Waals surface area (Å²) < 4.78 is 0. The second kappa shape index (κ2) is 9.94. The lowest BCUT2D eigenvalue weighted by Crippen LogP contribution is -2.23. The summed E-state index contributed by atoms with van der Waals surface area (Å²) in [6.45, 7) is 0.538. The first-order valence-electron chi connectivity index (χ1n) is 9.46. The van der Waals surface area contributed by atoms with Crippen LogP contribution < -0.4 is 10.6 Å². The van der Waals surface area contributed by atoms with Crippen LogP contribution in [0.4, 0.5) is 11.4 Å². The number of rotatable bonds is 8. The van der Waals surface area contributed by atoms with Crippen molar-refractivity contribution in [3.05, 3.63) is 115 Å².